The number of benzene rings is 4. The Labute approximate surface area is 611 Å². The van der Waals surface area contributed by atoms with Gasteiger partial charge in [-0.1, -0.05) is 59.7 Å². The van der Waals surface area contributed by atoms with Crippen molar-refractivity contribution in [3.05, 3.63) is 268 Å². The van der Waals surface area contributed by atoms with E-state index in [-0.39, 0.29) is 0 Å². The van der Waals surface area contributed by atoms with E-state index in [1.807, 2.05) is 151 Å². The smallest absolute Gasteiger partial charge is 0.246 e. The number of aryl methyl sites for hydroxylation is 14. The summed E-state index contributed by atoms with van der Waals surface area (Å²) in [6, 6.07) is 47.3. The van der Waals surface area contributed by atoms with Gasteiger partial charge in [-0.05, 0) is 221 Å². The molecule has 0 spiro atoms. The summed E-state index contributed by atoms with van der Waals surface area (Å²) < 4.78 is 33.5. The topological polar surface area (TPSA) is 207 Å². The quantitative estimate of drug-likeness (QED) is 0.138. The lowest BCUT2D eigenvalue weighted by Gasteiger charge is -1.94. The SMILES string of the molecule is Cc1ccc2oc3ccc(C)nc3c2n1.Cc1ccc2oc3cnc(C)cc3c2c1.Cc1ccc2oc3ncc(C)nc3c2c1.Cc1cccc2c1sc1c(C)cncc12.Cc1cccc2c1sc1c(C)nccc12.Cc1cnc2oc3ccc(C)nc3c2c1.Cc1cnc2oc3ncc(C)cc3c2c1. The Balaban J connectivity index is 0.0000000983. The Morgan fingerprint density at radius 2 is 0.705 bits per heavy atom. The minimum atomic E-state index is 0.612. The molecular formula is C87H73N11O5S2. The number of pyridine rings is 9. The molecule has 0 amide bonds. The third kappa shape index (κ3) is 14.0. The van der Waals surface area contributed by atoms with Crippen molar-refractivity contribution < 1.29 is 22.1 Å². The van der Waals surface area contributed by atoms with Crippen LogP contribution in [0.3, 0.4) is 0 Å². The Bertz CT molecular complexity index is 5700. The first-order valence-corrected chi connectivity index (χ1v) is 36.1. The van der Waals surface area contributed by atoms with Crippen molar-refractivity contribution in [1.29, 1.82) is 0 Å². The molecule has 4 aromatic carbocycles. The van der Waals surface area contributed by atoms with Gasteiger partial charge in [-0.25, -0.2) is 39.9 Å². The fourth-order valence-electron chi connectivity index (χ4n) is 12.8. The predicted octanol–water partition coefficient (Wildman–Crippen LogP) is 23.7. The molecule has 18 heteroatoms. The van der Waals surface area contributed by atoms with Crippen molar-refractivity contribution in [2.75, 3.05) is 0 Å². The van der Waals surface area contributed by atoms with Gasteiger partial charge in [0.2, 0.25) is 22.9 Å². The molecule has 17 aromatic heterocycles. The van der Waals surface area contributed by atoms with Gasteiger partial charge in [0.15, 0.2) is 22.3 Å². The number of aromatic nitrogens is 11. The Morgan fingerprint density at radius 1 is 0.248 bits per heavy atom. The molecule has 0 saturated heterocycles. The monoisotopic (exact) mass is 1420 g/mol. The number of hydrogen-bond donors (Lipinski definition) is 0. The summed E-state index contributed by atoms with van der Waals surface area (Å²) in [4.78, 5) is 47.6. The molecule has 21 aromatic rings. The van der Waals surface area contributed by atoms with E-state index in [1.165, 1.54) is 73.5 Å². The van der Waals surface area contributed by atoms with Crippen LogP contribution < -0.4 is 0 Å². The summed E-state index contributed by atoms with van der Waals surface area (Å²) >= 11 is 3.73. The minimum Gasteiger partial charge on any atom is -0.454 e. The van der Waals surface area contributed by atoms with Gasteiger partial charge in [-0.2, -0.15) is 0 Å². The minimum absolute atomic E-state index is 0.612. The standard InChI is InChI=1S/C13H11NO.2C13H11NS.4C12H10N2O/c1-8-3-4-12-10(5-8)11-6-9(2)14-7-13(11)15-12;1-8-4-3-5-10-11-7-14-6-9(2)13(11)15-12(8)10;1-8-4-3-5-10-11-6-7-14-9(2)13(11)15-12(8)10;1-7-3-9-10-4-8(2)6-14-12(10)15-11(9)13-5-7;1-7-3-5-9-11(13-7)12-10(15-9)6-4-8(2)14-12;1-7-5-9-11-10(4-3-8(2)14-11)15-12(9)13-6-7;1-7-3-4-10-9(5-7)11-12(15-10)13-6-8(2)14-11/h3*3-7H,1-2H3;4*3-6H,1-2H3. The van der Waals surface area contributed by atoms with E-state index in [9.17, 15) is 0 Å². The van der Waals surface area contributed by atoms with Crippen LogP contribution in [0.25, 0.3) is 151 Å². The zero-order valence-corrected chi connectivity index (χ0v) is 62.3. The normalized spacial score (nSPS) is 11.3. The van der Waals surface area contributed by atoms with Gasteiger partial charge in [0.1, 0.15) is 33.2 Å². The first-order chi connectivity index (χ1) is 50.7. The van der Waals surface area contributed by atoms with Crippen LogP contribution in [-0.4, -0.2) is 54.8 Å². The predicted molar refractivity (Wildman–Crippen MR) is 429 cm³/mol. The summed E-state index contributed by atoms with van der Waals surface area (Å²) in [7, 11) is 0. The van der Waals surface area contributed by atoms with E-state index in [4.69, 9.17) is 22.1 Å². The van der Waals surface area contributed by atoms with Crippen LogP contribution in [0.4, 0.5) is 0 Å². The highest BCUT2D eigenvalue weighted by atomic mass is 32.1. The molecule has 21 rings (SSSR count). The largest absolute Gasteiger partial charge is 0.454 e. The maximum atomic E-state index is 5.70. The molecule has 0 aliphatic rings. The molecule has 0 aliphatic carbocycles. The second-order valence-corrected chi connectivity index (χ2v) is 28.7. The molecule has 16 nitrogen and oxygen atoms in total. The number of fused-ring (bicyclic) bond motifs is 21. The second-order valence-electron chi connectivity index (χ2n) is 26.7. The highest BCUT2D eigenvalue weighted by Crippen LogP contribution is 2.39. The molecule has 0 unspecified atom stereocenters. The molecule has 0 bridgehead atoms. The maximum Gasteiger partial charge on any atom is 0.246 e. The number of furan rings is 5. The Hall–Kier alpha value is -12.3. The molecule has 105 heavy (non-hydrogen) atoms. The number of hydrogen-bond acceptors (Lipinski definition) is 18. The van der Waals surface area contributed by atoms with E-state index < -0.39 is 0 Å². The third-order valence-electron chi connectivity index (χ3n) is 18.0. The maximum absolute atomic E-state index is 5.70. The second kappa shape index (κ2) is 28.5. The molecule has 0 radical (unpaired) electrons. The van der Waals surface area contributed by atoms with Crippen LogP contribution in [0.15, 0.2) is 211 Å². The van der Waals surface area contributed by atoms with Gasteiger partial charge in [0, 0.05) is 112 Å². The molecule has 0 saturated carbocycles. The average Bonchev–Trinajstić information content (AvgIpc) is 1.41. The first-order valence-electron chi connectivity index (χ1n) is 34.5. The molecular weight excluding hydrogens is 1340 g/mol. The summed E-state index contributed by atoms with van der Waals surface area (Å²) in [5, 5.41) is 11.8. The van der Waals surface area contributed by atoms with E-state index >= 15 is 0 Å². The Morgan fingerprint density at radius 3 is 1.32 bits per heavy atom. The third-order valence-corrected chi connectivity index (χ3v) is 21.0. The van der Waals surface area contributed by atoms with Crippen LogP contribution in [-0.2, 0) is 0 Å². The van der Waals surface area contributed by atoms with Gasteiger partial charge in [0.25, 0.3) is 0 Å². The fourth-order valence-corrected chi connectivity index (χ4v) is 15.2. The van der Waals surface area contributed by atoms with Crippen molar-refractivity contribution >= 4 is 174 Å². The van der Waals surface area contributed by atoms with Crippen molar-refractivity contribution in [1.82, 2.24) is 54.8 Å². The molecule has 17 heterocycles. The van der Waals surface area contributed by atoms with E-state index in [0.717, 1.165) is 133 Å². The van der Waals surface area contributed by atoms with Crippen LogP contribution in [0.5, 0.6) is 0 Å². The van der Waals surface area contributed by atoms with Gasteiger partial charge in [-0.15, -0.1) is 22.7 Å². The van der Waals surface area contributed by atoms with Gasteiger partial charge in [-0.3, -0.25) is 15.0 Å². The zero-order chi connectivity index (χ0) is 72.9. The van der Waals surface area contributed by atoms with Gasteiger partial charge in [0.05, 0.1) is 44.6 Å². The number of thiophene rings is 2. The van der Waals surface area contributed by atoms with E-state index in [1.54, 1.807) is 31.0 Å². The van der Waals surface area contributed by atoms with Crippen molar-refractivity contribution in [3.63, 3.8) is 0 Å². The summed E-state index contributed by atoms with van der Waals surface area (Å²) in [6.45, 7) is 28.6. The molecule has 0 N–H and O–H groups in total. The van der Waals surface area contributed by atoms with Crippen molar-refractivity contribution in [2.45, 2.75) is 96.9 Å². The highest BCUT2D eigenvalue weighted by molar-refractivity contribution is 7.26. The van der Waals surface area contributed by atoms with Crippen LogP contribution in [0.1, 0.15) is 78.7 Å². The van der Waals surface area contributed by atoms with Crippen molar-refractivity contribution in [3.8, 4) is 0 Å². The molecule has 0 aliphatic heterocycles. The molecule has 0 fully saturated rings. The van der Waals surface area contributed by atoms with Crippen LogP contribution in [0, 0.1) is 96.9 Å². The summed E-state index contributed by atoms with van der Waals surface area (Å²) in [6.07, 6.45) is 14.7. The lowest BCUT2D eigenvalue weighted by atomic mass is 10.1. The van der Waals surface area contributed by atoms with Gasteiger partial charge >= 0.3 is 0 Å². The summed E-state index contributed by atoms with van der Waals surface area (Å²) in [5.41, 5.74) is 26.9. The van der Waals surface area contributed by atoms with E-state index in [2.05, 4.69) is 181 Å². The summed E-state index contributed by atoms with van der Waals surface area (Å²) in [5.74, 6) is 0. The molecule has 518 valence electrons. The van der Waals surface area contributed by atoms with Gasteiger partial charge < -0.3 is 22.1 Å². The fraction of sp³-hybridized carbons (Fsp3) is 0.161. The lowest BCUT2D eigenvalue weighted by molar-refractivity contribution is 0.639. The Kier molecular flexibility index (Phi) is 18.6. The van der Waals surface area contributed by atoms with Crippen LogP contribution >= 0.6 is 22.7 Å². The zero-order valence-electron chi connectivity index (χ0n) is 60.7. The van der Waals surface area contributed by atoms with E-state index in [0.29, 0.717) is 22.9 Å². The van der Waals surface area contributed by atoms with Crippen LogP contribution in [0.2, 0.25) is 0 Å². The molecule has 0 atom stereocenters. The van der Waals surface area contributed by atoms with Crippen molar-refractivity contribution in [2.24, 2.45) is 0 Å². The highest BCUT2D eigenvalue weighted by Gasteiger charge is 2.16. The average molecular weight is 1420 g/mol. The number of nitrogens with zero attached hydrogens (tertiary/aromatic N) is 11. The first kappa shape index (κ1) is 68.5. The number of rotatable bonds is 0. The lowest BCUT2D eigenvalue weighted by Crippen LogP contribution is -1.83.